The molecule has 0 bridgehead atoms. The summed E-state index contributed by atoms with van der Waals surface area (Å²) < 4.78 is 15.4. The lowest BCUT2D eigenvalue weighted by Gasteiger charge is -2.45. The van der Waals surface area contributed by atoms with Crippen LogP contribution in [0.25, 0.3) is 11.4 Å². The van der Waals surface area contributed by atoms with Gasteiger partial charge >= 0.3 is 0 Å². The summed E-state index contributed by atoms with van der Waals surface area (Å²) in [4.78, 5) is 19.3. The largest absolute Gasteiger partial charge is 0.331 e. The van der Waals surface area contributed by atoms with E-state index >= 15 is 4.39 Å². The van der Waals surface area contributed by atoms with Crippen molar-refractivity contribution in [2.24, 2.45) is 0 Å². The Labute approximate surface area is 208 Å². The minimum Gasteiger partial charge on any atom is -0.331 e. The molecule has 3 aromatic rings. The van der Waals surface area contributed by atoms with Crippen LogP contribution in [0.2, 0.25) is 0 Å². The number of rotatable bonds is 4. The second-order valence-electron chi connectivity index (χ2n) is 8.94. The van der Waals surface area contributed by atoms with Gasteiger partial charge < -0.3 is 4.90 Å². The Morgan fingerprint density at radius 3 is 2.41 bits per heavy atom. The molecule has 0 radical (unpaired) electrons. The van der Waals surface area contributed by atoms with Gasteiger partial charge in [0.1, 0.15) is 5.82 Å². The monoisotopic (exact) mass is 495 g/mol. The van der Waals surface area contributed by atoms with Crippen LogP contribution < -0.4 is 0 Å². The van der Waals surface area contributed by atoms with Crippen LogP contribution in [0.3, 0.4) is 0 Å². The molecule has 0 atom stereocenters. The minimum absolute atomic E-state index is 0.00333. The number of nitrogens with one attached hydrogen (secondary N) is 1. The van der Waals surface area contributed by atoms with Crippen molar-refractivity contribution in [1.82, 2.24) is 20.1 Å². The molecule has 1 N–H and O–H groups in total. The Bertz CT molecular complexity index is 1240. The lowest BCUT2D eigenvalue weighted by atomic mass is 9.77. The lowest BCUT2D eigenvalue weighted by molar-refractivity contribution is -0.0231. The van der Waals surface area contributed by atoms with E-state index in [0.29, 0.717) is 28.4 Å². The number of nitriles is 1. The number of benzene rings is 2. The number of thiol groups is 2. The Kier molecular flexibility index (Phi) is 7.01. The van der Waals surface area contributed by atoms with Gasteiger partial charge in [-0.25, -0.2) is 9.37 Å². The first-order valence-electron chi connectivity index (χ1n) is 11.1. The van der Waals surface area contributed by atoms with E-state index in [1.54, 1.807) is 24.3 Å². The van der Waals surface area contributed by atoms with Crippen LogP contribution in [0.5, 0.6) is 0 Å². The van der Waals surface area contributed by atoms with Crippen LogP contribution >= 0.6 is 23.3 Å². The van der Waals surface area contributed by atoms with Gasteiger partial charge in [0.05, 0.1) is 24.7 Å². The number of nitrogens with zero attached hydrogens (tertiary/aromatic N) is 4. The maximum Gasteiger partial charge on any atom is 0.254 e. The number of hydrogen-bond acceptors (Lipinski definition) is 6. The van der Waals surface area contributed by atoms with Gasteiger partial charge in [-0.15, -0.1) is 23.3 Å². The summed E-state index contributed by atoms with van der Waals surface area (Å²) in [5, 5.41) is 16.2. The maximum atomic E-state index is 15.4. The molecule has 2 aliphatic rings. The zero-order chi connectivity index (χ0) is 24.5. The number of halogens is 1. The molecule has 1 aliphatic carbocycles. The Hall–Kier alpha value is -2.83. The number of alkyl halides is 1. The van der Waals surface area contributed by atoms with E-state index in [9.17, 15) is 4.79 Å². The number of carbonyl (C=O) groups excluding carboxylic acids is 1. The molecule has 1 amide bonds. The predicted molar refractivity (Wildman–Crippen MR) is 136 cm³/mol. The van der Waals surface area contributed by atoms with E-state index in [0.717, 1.165) is 29.8 Å². The predicted octanol–water partition coefficient (Wildman–Crippen LogP) is 5.31. The van der Waals surface area contributed by atoms with Crippen LogP contribution in [0.15, 0.2) is 36.4 Å². The van der Waals surface area contributed by atoms with Crippen molar-refractivity contribution in [3.63, 3.8) is 0 Å². The highest BCUT2D eigenvalue weighted by molar-refractivity contribution is 8.59. The van der Waals surface area contributed by atoms with E-state index < -0.39 is 5.67 Å². The third-order valence-corrected chi connectivity index (χ3v) is 6.71. The van der Waals surface area contributed by atoms with Crippen LogP contribution in [0.4, 0.5) is 4.39 Å². The number of amides is 1. The number of hydrogen-bond donors (Lipinski definition) is 3. The second-order valence-corrected chi connectivity index (χ2v) is 8.94. The lowest BCUT2D eigenvalue weighted by Crippen LogP contribution is -2.58. The Morgan fingerprint density at radius 2 is 1.88 bits per heavy atom. The van der Waals surface area contributed by atoms with E-state index in [2.05, 4.69) is 44.6 Å². The number of likely N-dealkylation sites (tertiary alicyclic amines) is 1. The molecule has 2 aromatic carbocycles. The first kappa shape index (κ1) is 24.3. The van der Waals surface area contributed by atoms with Gasteiger partial charge in [0.2, 0.25) is 0 Å². The van der Waals surface area contributed by atoms with Gasteiger partial charge in [-0.2, -0.15) is 10.4 Å². The third kappa shape index (κ3) is 4.44. The molecule has 0 spiro atoms. The SMILES string of the molecule is Cc1nc(-c2cc(C(=O)N3CC(F)(c4ccc(C#N)cc4)C3)c(C)cc2C2CCC2)n[nH]1.SS. The highest BCUT2D eigenvalue weighted by Crippen LogP contribution is 2.42. The smallest absolute Gasteiger partial charge is 0.254 e. The molecule has 1 saturated heterocycles. The van der Waals surface area contributed by atoms with Crippen LogP contribution in [0.1, 0.15) is 63.6 Å². The first-order valence-corrected chi connectivity index (χ1v) is 12.7. The van der Waals surface area contributed by atoms with Gasteiger partial charge in [-0.1, -0.05) is 24.6 Å². The molecule has 6 nitrogen and oxygen atoms in total. The van der Waals surface area contributed by atoms with E-state index in [-0.39, 0.29) is 19.0 Å². The van der Waals surface area contributed by atoms with Crippen molar-refractivity contribution in [3.05, 3.63) is 70.0 Å². The van der Waals surface area contributed by atoms with Crippen molar-refractivity contribution in [2.45, 2.75) is 44.7 Å². The van der Waals surface area contributed by atoms with Crippen LogP contribution in [-0.4, -0.2) is 39.1 Å². The number of aromatic nitrogens is 3. The molecule has 34 heavy (non-hydrogen) atoms. The Balaban J connectivity index is 0.00000133. The number of aryl methyl sites for hydroxylation is 2. The number of aromatic amines is 1. The molecule has 2 heterocycles. The highest BCUT2D eigenvalue weighted by Gasteiger charge is 2.47. The normalized spacial score (nSPS) is 16.5. The van der Waals surface area contributed by atoms with Crippen molar-refractivity contribution in [1.29, 1.82) is 5.26 Å². The quantitative estimate of drug-likeness (QED) is 0.338. The molecular weight excluding hydrogens is 469 g/mol. The summed E-state index contributed by atoms with van der Waals surface area (Å²) in [6.07, 6.45) is 3.47. The fourth-order valence-electron chi connectivity index (χ4n) is 4.57. The summed E-state index contributed by atoms with van der Waals surface area (Å²) >= 11 is 6.44. The summed E-state index contributed by atoms with van der Waals surface area (Å²) in [6, 6.07) is 12.5. The standard InChI is InChI=1S/C25H24FN5O.H2S2/c1-15-10-21(18-4-3-5-18)22(23-28-16(2)29-30-23)11-20(15)24(32)31-13-25(26,14-31)19-8-6-17(12-27)7-9-19;1-2/h6-11,18H,3-5,13-14H2,1-2H3,(H,28,29,30);1-2H. The average molecular weight is 496 g/mol. The summed E-state index contributed by atoms with van der Waals surface area (Å²) in [5.74, 6) is 1.60. The minimum atomic E-state index is -1.59. The highest BCUT2D eigenvalue weighted by atomic mass is 33.1. The van der Waals surface area contributed by atoms with Crippen molar-refractivity contribution in [3.8, 4) is 17.5 Å². The van der Waals surface area contributed by atoms with Gasteiger partial charge in [0.15, 0.2) is 11.5 Å². The molecular formula is C25H26FN5OS2. The molecule has 1 aromatic heterocycles. The van der Waals surface area contributed by atoms with Crippen molar-refractivity contribution in [2.75, 3.05) is 13.1 Å². The van der Waals surface area contributed by atoms with Crippen molar-refractivity contribution >= 4 is 29.2 Å². The number of H-pyrrole nitrogens is 1. The Morgan fingerprint density at radius 1 is 1.21 bits per heavy atom. The third-order valence-electron chi connectivity index (χ3n) is 6.71. The second kappa shape index (κ2) is 9.80. The van der Waals surface area contributed by atoms with Crippen LogP contribution in [0, 0.1) is 25.2 Å². The molecule has 1 saturated carbocycles. The first-order chi connectivity index (χ1) is 16.4. The zero-order valence-electron chi connectivity index (χ0n) is 19.0. The molecule has 1 aliphatic heterocycles. The van der Waals surface area contributed by atoms with E-state index in [1.165, 1.54) is 16.9 Å². The summed E-state index contributed by atoms with van der Waals surface area (Å²) in [5.41, 5.74) is 2.91. The number of carbonyl (C=O) groups is 1. The molecule has 5 rings (SSSR count). The zero-order valence-corrected chi connectivity index (χ0v) is 20.8. The van der Waals surface area contributed by atoms with E-state index in [1.807, 2.05) is 26.0 Å². The van der Waals surface area contributed by atoms with Gasteiger partial charge in [0, 0.05) is 11.1 Å². The van der Waals surface area contributed by atoms with Gasteiger partial charge in [-0.05, 0) is 67.5 Å². The van der Waals surface area contributed by atoms with Crippen LogP contribution in [-0.2, 0) is 5.67 Å². The topological polar surface area (TPSA) is 85.7 Å². The fourth-order valence-corrected chi connectivity index (χ4v) is 4.57. The average Bonchev–Trinajstić information content (AvgIpc) is 3.23. The molecule has 9 heteroatoms. The maximum absolute atomic E-state index is 15.4. The molecule has 176 valence electrons. The summed E-state index contributed by atoms with van der Waals surface area (Å²) in [7, 11) is 0. The molecule has 2 fully saturated rings. The van der Waals surface area contributed by atoms with Gasteiger partial charge in [0.25, 0.3) is 5.91 Å². The van der Waals surface area contributed by atoms with Gasteiger partial charge in [-0.3, -0.25) is 9.89 Å². The molecule has 0 unspecified atom stereocenters. The summed E-state index contributed by atoms with van der Waals surface area (Å²) in [6.45, 7) is 3.78. The fraction of sp³-hybridized carbons (Fsp3) is 0.360. The van der Waals surface area contributed by atoms with Crippen molar-refractivity contribution < 1.29 is 9.18 Å². The van der Waals surface area contributed by atoms with E-state index in [4.69, 9.17) is 5.26 Å².